The summed E-state index contributed by atoms with van der Waals surface area (Å²) in [5.74, 6) is 3.22. The van der Waals surface area contributed by atoms with Crippen molar-refractivity contribution in [2.45, 2.75) is 78.2 Å². The molecule has 2 nitrogen and oxygen atoms in total. The molecule has 0 amide bonds. The predicted octanol–water partition coefficient (Wildman–Crippen LogP) is 4.52. The van der Waals surface area contributed by atoms with Crippen LogP contribution in [0.4, 0.5) is 0 Å². The largest absolute Gasteiger partial charge is 0.392 e. The van der Waals surface area contributed by atoms with Crippen LogP contribution in [0.1, 0.15) is 72.1 Å². The fraction of sp³-hybridized carbons (Fsp3) is 0.857. The number of hydrogen-bond donors (Lipinski definition) is 1. The van der Waals surface area contributed by atoms with Gasteiger partial charge in [-0.15, -0.1) is 0 Å². The van der Waals surface area contributed by atoms with Gasteiger partial charge in [0.15, 0.2) is 5.78 Å². The summed E-state index contributed by atoms with van der Waals surface area (Å²) in [5.41, 5.74) is 1.65. The number of rotatable bonds is 1. The Morgan fingerprint density at radius 3 is 2.70 bits per heavy atom. The van der Waals surface area contributed by atoms with Gasteiger partial charge in [-0.05, 0) is 73.7 Å². The minimum absolute atomic E-state index is 0.135. The van der Waals surface area contributed by atoms with Crippen LogP contribution in [0.2, 0.25) is 0 Å². The highest BCUT2D eigenvalue weighted by atomic mass is 16.3. The Bertz CT molecular complexity index is 550. The summed E-state index contributed by atoms with van der Waals surface area (Å²) in [6.45, 7) is 7.19. The first-order valence-corrected chi connectivity index (χ1v) is 9.83. The molecule has 7 atom stereocenters. The van der Waals surface area contributed by atoms with E-state index in [1.54, 1.807) is 0 Å². The van der Waals surface area contributed by atoms with E-state index in [-0.39, 0.29) is 11.2 Å². The SMILES string of the molecule is CC[C@H]1CC[C@H]2[C@@H]3CCC4=CC(=O)CC(O)[C@]4(C)[C@H]3CC[C@]12C. The van der Waals surface area contributed by atoms with E-state index in [0.717, 1.165) is 24.2 Å². The summed E-state index contributed by atoms with van der Waals surface area (Å²) in [7, 11) is 0. The van der Waals surface area contributed by atoms with Crippen molar-refractivity contribution in [1.29, 1.82) is 0 Å². The number of hydrogen-bond acceptors (Lipinski definition) is 2. The molecule has 3 fully saturated rings. The summed E-state index contributed by atoms with van der Waals surface area (Å²) in [6, 6.07) is 0. The van der Waals surface area contributed by atoms with Crippen molar-refractivity contribution in [3.05, 3.63) is 11.6 Å². The van der Waals surface area contributed by atoms with Crippen LogP contribution in [0.15, 0.2) is 11.6 Å². The zero-order chi connectivity index (χ0) is 16.4. The third kappa shape index (κ3) is 2.00. The number of carbonyl (C=O) groups excluding carboxylic acids is 1. The maximum absolute atomic E-state index is 11.9. The molecule has 0 aromatic heterocycles. The van der Waals surface area contributed by atoms with E-state index >= 15 is 0 Å². The second kappa shape index (κ2) is 5.18. The molecule has 0 bridgehead atoms. The first-order chi connectivity index (χ1) is 10.9. The van der Waals surface area contributed by atoms with Gasteiger partial charge in [-0.2, -0.15) is 0 Å². The van der Waals surface area contributed by atoms with Gasteiger partial charge in [0.05, 0.1) is 6.10 Å². The van der Waals surface area contributed by atoms with Gasteiger partial charge in [-0.1, -0.05) is 32.8 Å². The Hall–Kier alpha value is -0.630. The number of ketones is 1. The first kappa shape index (κ1) is 15.9. The average molecular weight is 316 g/mol. The normalized spacial score (nSPS) is 52.4. The molecule has 0 radical (unpaired) electrons. The van der Waals surface area contributed by atoms with Crippen molar-refractivity contribution in [2.24, 2.45) is 34.5 Å². The summed E-state index contributed by atoms with van der Waals surface area (Å²) in [5, 5.41) is 10.8. The Balaban J connectivity index is 1.70. The second-order valence-electron chi connectivity index (χ2n) is 9.28. The zero-order valence-corrected chi connectivity index (χ0v) is 15.0. The fourth-order valence-corrected chi connectivity index (χ4v) is 7.39. The molecule has 128 valence electrons. The topological polar surface area (TPSA) is 37.3 Å². The molecule has 4 rings (SSSR count). The third-order valence-electron chi connectivity index (χ3n) is 8.76. The number of fused-ring (bicyclic) bond motifs is 5. The smallest absolute Gasteiger partial charge is 0.158 e. The van der Waals surface area contributed by atoms with Gasteiger partial charge in [0.2, 0.25) is 0 Å². The molecule has 0 spiro atoms. The summed E-state index contributed by atoms with van der Waals surface area (Å²) in [6.07, 6.45) is 10.7. The Morgan fingerprint density at radius 2 is 1.96 bits per heavy atom. The molecule has 3 saturated carbocycles. The lowest BCUT2D eigenvalue weighted by Gasteiger charge is -2.59. The van der Waals surface area contributed by atoms with Crippen molar-refractivity contribution in [1.82, 2.24) is 0 Å². The van der Waals surface area contributed by atoms with Gasteiger partial charge in [0, 0.05) is 11.8 Å². The molecule has 0 heterocycles. The van der Waals surface area contributed by atoms with Gasteiger partial charge < -0.3 is 5.11 Å². The summed E-state index contributed by atoms with van der Waals surface area (Å²) < 4.78 is 0. The molecule has 23 heavy (non-hydrogen) atoms. The van der Waals surface area contributed by atoms with Crippen LogP contribution in [0.25, 0.3) is 0 Å². The maximum Gasteiger partial charge on any atom is 0.158 e. The number of aliphatic hydroxyl groups excluding tert-OH is 1. The van der Waals surface area contributed by atoms with Gasteiger partial charge in [0.1, 0.15) is 0 Å². The quantitative estimate of drug-likeness (QED) is 0.772. The maximum atomic E-state index is 11.9. The highest BCUT2D eigenvalue weighted by molar-refractivity contribution is 5.92. The number of aliphatic hydroxyl groups is 1. The van der Waals surface area contributed by atoms with Crippen LogP contribution in [0.5, 0.6) is 0 Å². The second-order valence-corrected chi connectivity index (χ2v) is 9.28. The van der Waals surface area contributed by atoms with Crippen LogP contribution in [-0.4, -0.2) is 17.0 Å². The van der Waals surface area contributed by atoms with E-state index in [9.17, 15) is 9.90 Å². The van der Waals surface area contributed by atoms with Crippen molar-refractivity contribution in [3.63, 3.8) is 0 Å². The summed E-state index contributed by atoms with van der Waals surface area (Å²) >= 11 is 0. The van der Waals surface area contributed by atoms with Gasteiger partial charge in [-0.3, -0.25) is 4.79 Å². The van der Waals surface area contributed by atoms with E-state index in [1.165, 1.54) is 44.1 Å². The Labute approximate surface area is 140 Å². The molecule has 1 unspecified atom stereocenters. The molecule has 0 saturated heterocycles. The van der Waals surface area contributed by atoms with Crippen molar-refractivity contribution in [2.75, 3.05) is 0 Å². The van der Waals surface area contributed by atoms with Crippen LogP contribution >= 0.6 is 0 Å². The van der Waals surface area contributed by atoms with Crippen LogP contribution < -0.4 is 0 Å². The van der Waals surface area contributed by atoms with E-state index < -0.39 is 6.10 Å². The minimum atomic E-state index is -0.462. The van der Waals surface area contributed by atoms with Crippen molar-refractivity contribution >= 4 is 5.78 Å². The van der Waals surface area contributed by atoms with Crippen LogP contribution in [0, 0.1) is 34.5 Å². The molecule has 4 aliphatic rings. The molecular formula is C21H32O2. The Kier molecular flexibility index (Phi) is 3.58. The molecule has 0 aromatic carbocycles. The zero-order valence-electron chi connectivity index (χ0n) is 15.0. The highest BCUT2D eigenvalue weighted by Gasteiger charge is 2.60. The van der Waals surface area contributed by atoms with E-state index in [0.29, 0.717) is 17.8 Å². The highest BCUT2D eigenvalue weighted by Crippen LogP contribution is 2.66. The monoisotopic (exact) mass is 316 g/mol. The van der Waals surface area contributed by atoms with E-state index in [2.05, 4.69) is 20.8 Å². The standard InChI is InChI=1S/C21H32O2/c1-4-13-6-8-17-16-7-5-14-11-15(22)12-19(23)21(14,3)18(16)9-10-20(13,17)2/h11,13,16-19,23H,4-10,12H2,1-3H3/t13-,16-,17-,18-,19?,20+,21-/m0/s1. The third-order valence-corrected chi connectivity index (χ3v) is 8.76. The molecule has 4 aliphatic carbocycles. The van der Waals surface area contributed by atoms with Crippen LogP contribution in [0.3, 0.4) is 0 Å². The minimum Gasteiger partial charge on any atom is -0.392 e. The summed E-state index contributed by atoms with van der Waals surface area (Å²) in [4.78, 5) is 11.9. The van der Waals surface area contributed by atoms with E-state index in [4.69, 9.17) is 0 Å². The predicted molar refractivity (Wildman–Crippen MR) is 91.9 cm³/mol. The lowest BCUT2D eigenvalue weighted by Crippen LogP contribution is -2.55. The number of carbonyl (C=O) groups is 1. The van der Waals surface area contributed by atoms with Gasteiger partial charge in [-0.25, -0.2) is 0 Å². The Morgan fingerprint density at radius 1 is 1.17 bits per heavy atom. The lowest BCUT2D eigenvalue weighted by atomic mass is 9.46. The fourth-order valence-electron chi connectivity index (χ4n) is 7.39. The van der Waals surface area contributed by atoms with Gasteiger partial charge >= 0.3 is 0 Å². The first-order valence-electron chi connectivity index (χ1n) is 9.83. The van der Waals surface area contributed by atoms with Crippen LogP contribution in [-0.2, 0) is 4.79 Å². The van der Waals surface area contributed by atoms with Crippen molar-refractivity contribution in [3.8, 4) is 0 Å². The molecule has 1 N–H and O–H groups in total. The molecule has 0 aliphatic heterocycles. The average Bonchev–Trinajstić information content (AvgIpc) is 2.85. The lowest BCUT2D eigenvalue weighted by molar-refractivity contribution is -0.127. The molecule has 2 heteroatoms. The molecule has 0 aromatic rings. The molecular weight excluding hydrogens is 284 g/mol. The van der Waals surface area contributed by atoms with Gasteiger partial charge in [0.25, 0.3) is 0 Å². The van der Waals surface area contributed by atoms with Crippen molar-refractivity contribution < 1.29 is 9.90 Å². The van der Waals surface area contributed by atoms with E-state index in [1.807, 2.05) is 6.08 Å².